The Kier molecular flexibility index (Phi) is 3.57. The minimum Gasteiger partial charge on any atom is -0.302 e. The second-order valence-electron chi connectivity index (χ2n) is 3.45. The van der Waals surface area contributed by atoms with E-state index in [1.165, 1.54) is 0 Å². The molecule has 5 heteroatoms. The number of allylic oxidation sites excluding steroid dienone is 2. The predicted octanol–water partition coefficient (Wildman–Crippen LogP) is 0.880. The van der Waals surface area contributed by atoms with Crippen molar-refractivity contribution in [2.45, 2.75) is 26.7 Å². The van der Waals surface area contributed by atoms with Crippen LogP contribution in [0.2, 0.25) is 0 Å². The van der Waals surface area contributed by atoms with Gasteiger partial charge < -0.3 is 10.6 Å². The number of amides is 2. The standard InChI is InChI=1S/C10H14N2O2S/c1-3-5-6-10(4-2)7(13)11-9(15)12-8(10)14/h3,5H,4,6H2,1-2H3,(H2,11,12,13,14,15). The minimum atomic E-state index is -1.01. The summed E-state index contributed by atoms with van der Waals surface area (Å²) in [6, 6.07) is 0. The molecule has 0 atom stereocenters. The lowest BCUT2D eigenvalue weighted by molar-refractivity contribution is -0.143. The summed E-state index contributed by atoms with van der Waals surface area (Å²) in [5, 5.41) is 5.07. The zero-order valence-corrected chi connectivity index (χ0v) is 9.61. The lowest BCUT2D eigenvalue weighted by Crippen LogP contribution is -2.61. The normalized spacial score (nSPS) is 20.3. The van der Waals surface area contributed by atoms with Gasteiger partial charge in [0.15, 0.2) is 5.11 Å². The van der Waals surface area contributed by atoms with E-state index in [1.54, 1.807) is 0 Å². The first-order valence-corrected chi connectivity index (χ1v) is 5.25. The lowest BCUT2D eigenvalue weighted by Gasteiger charge is -2.33. The first-order chi connectivity index (χ1) is 7.06. The van der Waals surface area contributed by atoms with E-state index in [-0.39, 0.29) is 16.9 Å². The van der Waals surface area contributed by atoms with Crippen molar-refractivity contribution in [1.29, 1.82) is 0 Å². The van der Waals surface area contributed by atoms with Crippen LogP contribution in [-0.4, -0.2) is 16.9 Å². The van der Waals surface area contributed by atoms with Crippen LogP contribution in [0.25, 0.3) is 0 Å². The van der Waals surface area contributed by atoms with Crippen molar-refractivity contribution in [1.82, 2.24) is 10.6 Å². The molecule has 0 aromatic heterocycles. The van der Waals surface area contributed by atoms with E-state index in [0.29, 0.717) is 12.8 Å². The summed E-state index contributed by atoms with van der Waals surface area (Å²) in [6.07, 6.45) is 4.50. The third kappa shape index (κ3) is 2.07. The van der Waals surface area contributed by atoms with E-state index in [0.717, 1.165) is 0 Å². The largest absolute Gasteiger partial charge is 0.302 e. The summed E-state index contributed by atoms with van der Waals surface area (Å²) < 4.78 is 0. The highest BCUT2D eigenvalue weighted by Crippen LogP contribution is 2.29. The zero-order valence-electron chi connectivity index (χ0n) is 8.79. The van der Waals surface area contributed by atoms with Crippen molar-refractivity contribution >= 4 is 29.1 Å². The summed E-state index contributed by atoms with van der Waals surface area (Å²) in [5.74, 6) is -0.617. The Hall–Kier alpha value is -1.23. The van der Waals surface area contributed by atoms with Gasteiger partial charge in [-0.05, 0) is 32.0 Å². The fourth-order valence-corrected chi connectivity index (χ4v) is 1.74. The SMILES string of the molecule is CC=CCC1(CC)C(=O)NC(=S)NC1=O. The number of thiocarbonyl (C=S) groups is 1. The summed E-state index contributed by atoms with van der Waals surface area (Å²) in [7, 11) is 0. The molecule has 0 aromatic rings. The summed E-state index contributed by atoms with van der Waals surface area (Å²) in [5.41, 5.74) is -1.01. The fraction of sp³-hybridized carbons (Fsp3) is 0.500. The van der Waals surface area contributed by atoms with Crippen molar-refractivity contribution in [3.8, 4) is 0 Å². The van der Waals surface area contributed by atoms with Gasteiger partial charge in [-0.15, -0.1) is 0 Å². The number of carbonyl (C=O) groups excluding carboxylic acids is 2. The predicted molar refractivity (Wildman–Crippen MR) is 61.0 cm³/mol. The molecule has 2 amide bonds. The van der Waals surface area contributed by atoms with Crippen LogP contribution in [0.4, 0.5) is 0 Å². The van der Waals surface area contributed by atoms with Crippen molar-refractivity contribution in [2.75, 3.05) is 0 Å². The van der Waals surface area contributed by atoms with E-state index in [1.807, 2.05) is 26.0 Å². The van der Waals surface area contributed by atoms with Gasteiger partial charge in [-0.1, -0.05) is 19.1 Å². The number of rotatable bonds is 3. The average Bonchev–Trinajstić information content (AvgIpc) is 2.17. The second-order valence-corrected chi connectivity index (χ2v) is 3.85. The first-order valence-electron chi connectivity index (χ1n) is 4.85. The highest BCUT2D eigenvalue weighted by molar-refractivity contribution is 7.80. The molecule has 1 aliphatic rings. The van der Waals surface area contributed by atoms with Gasteiger partial charge in [-0.25, -0.2) is 0 Å². The summed E-state index contributed by atoms with van der Waals surface area (Å²) >= 11 is 4.74. The Morgan fingerprint density at radius 1 is 1.33 bits per heavy atom. The summed E-state index contributed by atoms with van der Waals surface area (Å²) in [4.78, 5) is 23.6. The van der Waals surface area contributed by atoms with Gasteiger partial charge in [0.25, 0.3) is 0 Å². The van der Waals surface area contributed by atoms with E-state index >= 15 is 0 Å². The van der Waals surface area contributed by atoms with Crippen molar-refractivity contribution in [3.05, 3.63) is 12.2 Å². The molecule has 0 aliphatic carbocycles. The summed E-state index contributed by atoms with van der Waals surface area (Å²) in [6.45, 7) is 3.67. The molecule has 2 N–H and O–H groups in total. The number of nitrogens with one attached hydrogen (secondary N) is 2. The maximum absolute atomic E-state index is 11.8. The number of hydrogen-bond acceptors (Lipinski definition) is 3. The topological polar surface area (TPSA) is 58.2 Å². The van der Waals surface area contributed by atoms with Crippen LogP contribution in [0.5, 0.6) is 0 Å². The molecule has 1 aliphatic heterocycles. The van der Waals surface area contributed by atoms with Crippen LogP contribution in [-0.2, 0) is 9.59 Å². The van der Waals surface area contributed by atoms with Gasteiger partial charge in [0.1, 0.15) is 5.41 Å². The van der Waals surface area contributed by atoms with Gasteiger partial charge in [0.2, 0.25) is 11.8 Å². The molecule has 1 heterocycles. The molecule has 0 bridgehead atoms. The fourth-order valence-electron chi connectivity index (χ4n) is 1.55. The Labute approximate surface area is 94.1 Å². The molecule has 15 heavy (non-hydrogen) atoms. The van der Waals surface area contributed by atoms with Crippen LogP contribution in [0.15, 0.2) is 12.2 Å². The van der Waals surface area contributed by atoms with Crippen LogP contribution >= 0.6 is 12.2 Å². The molecule has 4 nitrogen and oxygen atoms in total. The number of hydrogen-bond donors (Lipinski definition) is 2. The van der Waals surface area contributed by atoms with Crippen molar-refractivity contribution < 1.29 is 9.59 Å². The molecular weight excluding hydrogens is 212 g/mol. The molecule has 0 aromatic carbocycles. The monoisotopic (exact) mass is 226 g/mol. The van der Waals surface area contributed by atoms with Gasteiger partial charge in [-0.2, -0.15) is 0 Å². The molecule has 0 radical (unpaired) electrons. The van der Waals surface area contributed by atoms with E-state index in [4.69, 9.17) is 12.2 Å². The van der Waals surface area contributed by atoms with Crippen molar-refractivity contribution in [2.24, 2.45) is 5.41 Å². The molecule has 0 unspecified atom stereocenters. The Morgan fingerprint density at radius 2 is 1.87 bits per heavy atom. The molecule has 1 fully saturated rings. The third-order valence-corrected chi connectivity index (χ3v) is 2.83. The molecule has 0 saturated carbocycles. The third-order valence-electron chi connectivity index (χ3n) is 2.63. The second kappa shape index (κ2) is 4.53. The van der Waals surface area contributed by atoms with Crippen LogP contribution in [0.1, 0.15) is 26.7 Å². The van der Waals surface area contributed by atoms with Crippen LogP contribution in [0.3, 0.4) is 0 Å². The van der Waals surface area contributed by atoms with E-state index in [9.17, 15) is 9.59 Å². The van der Waals surface area contributed by atoms with Gasteiger partial charge in [0, 0.05) is 0 Å². The molecule has 1 saturated heterocycles. The van der Waals surface area contributed by atoms with Crippen LogP contribution in [0, 0.1) is 5.41 Å². The molecular formula is C10H14N2O2S. The average molecular weight is 226 g/mol. The Morgan fingerprint density at radius 3 is 2.27 bits per heavy atom. The lowest BCUT2D eigenvalue weighted by atomic mass is 9.78. The highest BCUT2D eigenvalue weighted by Gasteiger charge is 2.46. The quantitative estimate of drug-likeness (QED) is 0.427. The smallest absolute Gasteiger partial charge is 0.242 e. The molecule has 0 spiro atoms. The highest BCUT2D eigenvalue weighted by atomic mass is 32.1. The zero-order chi connectivity index (χ0) is 11.5. The van der Waals surface area contributed by atoms with Crippen molar-refractivity contribution in [3.63, 3.8) is 0 Å². The minimum absolute atomic E-state index is 0.0922. The Bertz CT molecular complexity index is 316. The van der Waals surface area contributed by atoms with Gasteiger partial charge >= 0.3 is 0 Å². The maximum Gasteiger partial charge on any atom is 0.242 e. The first kappa shape index (κ1) is 11.8. The van der Waals surface area contributed by atoms with E-state index in [2.05, 4.69) is 10.6 Å². The molecule has 82 valence electrons. The van der Waals surface area contributed by atoms with Gasteiger partial charge in [0.05, 0.1) is 0 Å². The van der Waals surface area contributed by atoms with Gasteiger partial charge in [-0.3, -0.25) is 9.59 Å². The Balaban J connectivity index is 2.99. The number of carbonyl (C=O) groups is 2. The molecule has 1 rings (SSSR count). The van der Waals surface area contributed by atoms with E-state index < -0.39 is 5.41 Å². The van der Waals surface area contributed by atoms with Crippen LogP contribution < -0.4 is 10.6 Å². The maximum atomic E-state index is 11.8.